The molecule has 0 aliphatic carbocycles. The monoisotopic (exact) mass is 599 g/mol. The lowest BCUT2D eigenvalue weighted by Crippen LogP contribution is -2.71. The second-order valence-electron chi connectivity index (χ2n) is 10.6. The lowest BCUT2D eigenvalue weighted by Gasteiger charge is -2.44. The number of carboxylic acids is 1. The third-order valence-corrected chi connectivity index (χ3v) is 8.83. The van der Waals surface area contributed by atoms with Gasteiger partial charge in [0, 0.05) is 10.3 Å². The van der Waals surface area contributed by atoms with Crippen LogP contribution in [0.25, 0.3) is 11.1 Å². The molecule has 0 bridgehead atoms. The molecule has 2 saturated heterocycles. The number of β-lactam (4-membered cyclic amide) rings is 1. The average molecular weight is 600 g/mol. The summed E-state index contributed by atoms with van der Waals surface area (Å²) in [4.78, 5) is 64.5. The molecule has 3 aromatic rings. The molecule has 5 rings (SSSR count). The minimum atomic E-state index is -1.18. The third kappa shape index (κ3) is 6.14. The largest absolute Gasteiger partial charge is 0.480 e. The van der Waals surface area contributed by atoms with E-state index in [0.29, 0.717) is 11.1 Å². The van der Waals surface area contributed by atoms with E-state index in [2.05, 4.69) is 21.2 Å². The van der Waals surface area contributed by atoms with Crippen LogP contribution in [-0.2, 0) is 19.2 Å². The number of aliphatic carboxylic acids is 1. The maximum absolute atomic E-state index is 13.4. The van der Waals surface area contributed by atoms with Crippen molar-refractivity contribution in [2.45, 2.75) is 42.1 Å². The highest BCUT2D eigenvalue weighted by atomic mass is 32.2. The van der Waals surface area contributed by atoms with E-state index in [-0.39, 0.29) is 0 Å². The summed E-state index contributed by atoms with van der Waals surface area (Å²) in [6, 6.07) is 21.9. The smallest absolute Gasteiger partial charge is 0.327 e. The van der Waals surface area contributed by atoms with Crippen molar-refractivity contribution in [3.8, 4) is 11.1 Å². The summed E-state index contributed by atoms with van der Waals surface area (Å²) in [5.41, 5.74) is 5.05. The van der Waals surface area contributed by atoms with Gasteiger partial charge < -0.3 is 20.6 Å². The number of carbonyl (C=O) groups excluding carboxylic acids is 4. The standard InChI is InChI=1S/C31H29N5O6S/c1-31(2)25(30(41)42)36-28(40)24(29(36)43-31)34-27(39)23(20-11-7-4-8-12-20)33-22(37)17-32-35-26(38)21-15-13-19(14-16-21)18-9-5-3-6-10-18/h3-17,23-25,29H,1-2H3,(H,33,37)(H,34,39)(H,35,38)(H,41,42)/b32-17+/t23?,24?,25-,29+/m0/s1. The lowest BCUT2D eigenvalue weighted by molar-refractivity contribution is -0.161. The summed E-state index contributed by atoms with van der Waals surface area (Å²) in [7, 11) is 0. The van der Waals surface area contributed by atoms with Gasteiger partial charge in [0.25, 0.3) is 11.8 Å². The summed E-state index contributed by atoms with van der Waals surface area (Å²) in [5, 5.41) is 18.1. The van der Waals surface area contributed by atoms with Gasteiger partial charge in [-0.05, 0) is 42.7 Å². The second kappa shape index (κ2) is 12.1. The van der Waals surface area contributed by atoms with Crippen molar-refractivity contribution >= 4 is 47.6 Å². The summed E-state index contributed by atoms with van der Waals surface area (Å²) in [6.07, 6.45) is 0.850. The van der Waals surface area contributed by atoms with Crippen LogP contribution in [0.4, 0.5) is 0 Å². The van der Waals surface area contributed by atoms with Gasteiger partial charge in [0.1, 0.15) is 29.7 Å². The van der Waals surface area contributed by atoms with Crippen LogP contribution >= 0.6 is 11.8 Å². The number of hydrogen-bond acceptors (Lipinski definition) is 7. The summed E-state index contributed by atoms with van der Waals surface area (Å²) in [6.45, 7) is 3.48. The quantitative estimate of drug-likeness (QED) is 0.167. The zero-order valence-electron chi connectivity index (χ0n) is 23.3. The van der Waals surface area contributed by atoms with Crippen molar-refractivity contribution in [2.24, 2.45) is 5.10 Å². The lowest BCUT2D eigenvalue weighted by atomic mass is 9.95. The normalized spacial score (nSPS) is 20.9. The number of nitrogens with zero attached hydrogens (tertiary/aromatic N) is 2. The van der Waals surface area contributed by atoms with Gasteiger partial charge in [0.15, 0.2) is 0 Å². The van der Waals surface area contributed by atoms with Crippen molar-refractivity contribution in [3.05, 3.63) is 96.1 Å². The van der Waals surface area contributed by atoms with E-state index in [4.69, 9.17) is 0 Å². The summed E-state index contributed by atoms with van der Waals surface area (Å²) < 4.78 is -0.747. The predicted molar refractivity (Wildman–Crippen MR) is 161 cm³/mol. The highest BCUT2D eigenvalue weighted by Gasteiger charge is 2.64. The minimum Gasteiger partial charge on any atom is -0.480 e. The van der Waals surface area contributed by atoms with E-state index in [1.54, 1.807) is 56.3 Å². The van der Waals surface area contributed by atoms with Crippen molar-refractivity contribution in [1.29, 1.82) is 0 Å². The maximum Gasteiger partial charge on any atom is 0.327 e. The van der Waals surface area contributed by atoms with Gasteiger partial charge in [-0.25, -0.2) is 10.2 Å². The molecular formula is C31H29N5O6S. The van der Waals surface area contributed by atoms with Crippen LogP contribution in [0.2, 0.25) is 0 Å². The number of thioether (sulfide) groups is 1. The van der Waals surface area contributed by atoms with Crippen LogP contribution in [0.3, 0.4) is 0 Å². The van der Waals surface area contributed by atoms with E-state index in [0.717, 1.165) is 17.3 Å². The Morgan fingerprint density at radius 3 is 2.16 bits per heavy atom. The Hall–Kier alpha value is -4.97. The second-order valence-corrected chi connectivity index (χ2v) is 12.4. The van der Waals surface area contributed by atoms with E-state index in [9.17, 15) is 29.1 Å². The van der Waals surface area contributed by atoms with Gasteiger partial charge in [-0.15, -0.1) is 11.8 Å². The Morgan fingerprint density at radius 2 is 1.53 bits per heavy atom. The number of hydrogen-bond donors (Lipinski definition) is 4. The molecule has 3 aromatic carbocycles. The molecule has 0 spiro atoms. The molecule has 0 saturated carbocycles. The van der Waals surface area contributed by atoms with Crippen LogP contribution in [0.1, 0.15) is 35.8 Å². The topological polar surface area (TPSA) is 157 Å². The first-order chi connectivity index (χ1) is 20.6. The van der Waals surface area contributed by atoms with E-state index >= 15 is 0 Å². The maximum atomic E-state index is 13.4. The highest BCUT2D eigenvalue weighted by Crippen LogP contribution is 2.50. The number of benzene rings is 3. The molecule has 12 heteroatoms. The molecule has 4 atom stereocenters. The molecule has 2 heterocycles. The molecular weight excluding hydrogens is 570 g/mol. The number of fused-ring (bicyclic) bond motifs is 1. The summed E-state index contributed by atoms with van der Waals surface area (Å²) >= 11 is 1.30. The van der Waals surface area contributed by atoms with E-state index in [1.165, 1.54) is 16.7 Å². The zero-order chi connectivity index (χ0) is 30.7. The van der Waals surface area contributed by atoms with Gasteiger partial charge >= 0.3 is 5.97 Å². The van der Waals surface area contributed by atoms with Crippen molar-refractivity contribution in [1.82, 2.24) is 21.0 Å². The minimum absolute atomic E-state index is 0.344. The Morgan fingerprint density at radius 1 is 0.930 bits per heavy atom. The zero-order valence-corrected chi connectivity index (χ0v) is 24.1. The molecule has 2 unspecified atom stereocenters. The molecule has 11 nitrogen and oxygen atoms in total. The van der Waals surface area contributed by atoms with E-state index in [1.807, 2.05) is 42.5 Å². The molecule has 2 aliphatic rings. The first-order valence-electron chi connectivity index (χ1n) is 13.4. The molecule has 4 amide bonds. The average Bonchev–Trinajstić information content (AvgIpc) is 3.27. The number of carboxylic acid groups (broad SMARTS) is 1. The molecule has 0 aromatic heterocycles. The molecule has 220 valence electrons. The number of hydrazone groups is 1. The number of nitrogens with one attached hydrogen (secondary N) is 3. The molecule has 2 aliphatic heterocycles. The SMILES string of the molecule is CC1(C)S[C@@H]2C(NC(=O)C(NC(=O)/C=N/NC(=O)c3ccc(-c4ccccc4)cc3)c3ccccc3)C(=O)N2[C@H]1C(=O)O. The molecule has 4 N–H and O–H groups in total. The molecule has 2 fully saturated rings. The third-order valence-electron chi connectivity index (χ3n) is 7.26. The number of carbonyl (C=O) groups is 5. The fraction of sp³-hybridized carbons (Fsp3) is 0.226. The van der Waals surface area contributed by atoms with Gasteiger partial charge in [-0.3, -0.25) is 19.2 Å². The first-order valence-corrected chi connectivity index (χ1v) is 14.3. The Balaban J connectivity index is 1.21. The Labute approximate surface area is 251 Å². The Bertz CT molecular complexity index is 1580. The van der Waals surface area contributed by atoms with Crippen LogP contribution in [0.15, 0.2) is 90.0 Å². The Kier molecular flexibility index (Phi) is 8.31. The molecule has 43 heavy (non-hydrogen) atoms. The summed E-state index contributed by atoms with van der Waals surface area (Å²) in [5.74, 6) is -3.53. The van der Waals surface area contributed by atoms with Crippen LogP contribution in [-0.4, -0.2) is 68.0 Å². The van der Waals surface area contributed by atoms with Crippen LogP contribution < -0.4 is 16.1 Å². The first kappa shape index (κ1) is 29.5. The van der Waals surface area contributed by atoms with Gasteiger partial charge in [0.2, 0.25) is 11.8 Å². The van der Waals surface area contributed by atoms with Crippen molar-refractivity contribution in [2.75, 3.05) is 0 Å². The van der Waals surface area contributed by atoms with Crippen LogP contribution in [0.5, 0.6) is 0 Å². The number of rotatable bonds is 9. The van der Waals surface area contributed by atoms with Gasteiger partial charge in [-0.2, -0.15) is 5.10 Å². The fourth-order valence-corrected chi connectivity index (χ4v) is 6.79. The molecule has 0 radical (unpaired) electrons. The van der Waals surface area contributed by atoms with Crippen molar-refractivity contribution in [3.63, 3.8) is 0 Å². The van der Waals surface area contributed by atoms with Gasteiger partial charge in [-0.1, -0.05) is 72.8 Å². The fourth-order valence-electron chi connectivity index (χ4n) is 5.17. The van der Waals surface area contributed by atoms with E-state index < -0.39 is 57.8 Å². The number of amides is 4. The highest BCUT2D eigenvalue weighted by molar-refractivity contribution is 8.01. The van der Waals surface area contributed by atoms with Crippen molar-refractivity contribution < 1.29 is 29.1 Å². The van der Waals surface area contributed by atoms with Crippen LogP contribution in [0, 0.1) is 0 Å². The predicted octanol–water partition coefficient (Wildman–Crippen LogP) is 2.56. The van der Waals surface area contributed by atoms with Gasteiger partial charge in [0.05, 0.1) is 0 Å².